The number of benzene rings is 1. The molecular formula is C18H25NO3. The third-order valence-electron chi connectivity index (χ3n) is 4.75. The molecule has 4 heteroatoms. The molecule has 0 amide bonds. The van der Waals surface area contributed by atoms with E-state index in [0.29, 0.717) is 19.1 Å². The molecule has 1 aromatic rings. The van der Waals surface area contributed by atoms with E-state index in [9.17, 15) is 4.79 Å². The molecule has 2 aliphatic heterocycles. The van der Waals surface area contributed by atoms with Crippen LogP contribution in [0.2, 0.25) is 0 Å². The molecule has 2 heterocycles. The molecule has 2 aliphatic rings. The first-order valence-corrected chi connectivity index (χ1v) is 8.40. The SMILES string of the molecule is CCCCN1[C@@H](C(=O)OCC)C[C@@H]2COc3ccccc3[C@@H]21. The molecule has 0 bridgehead atoms. The van der Waals surface area contributed by atoms with Crippen molar-refractivity contribution in [1.82, 2.24) is 4.90 Å². The van der Waals surface area contributed by atoms with Crippen LogP contribution in [-0.4, -0.2) is 36.7 Å². The maximum atomic E-state index is 12.4. The maximum absolute atomic E-state index is 12.4. The average molecular weight is 303 g/mol. The summed E-state index contributed by atoms with van der Waals surface area (Å²) < 4.78 is 11.2. The molecule has 4 nitrogen and oxygen atoms in total. The predicted octanol–water partition coefficient (Wildman–Crippen LogP) is 3.17. The minimum Gasteiger partial charge on any atom is -0.493 e. The molecule has 0 saturated carbocycles. The molecule has 0 N–H and O–H groups in total. The van der Waals surface area contributed by atoms with Crippen LogP contribution < -0.4 is 4.74 Å². The van der Waals surface area contributed by atoms with E-state index in [0.717, 1.165) is 31.6 Å². The second-order valence-electron chi connectivity index (χ2n) is 6.15. The largest absolute Gasteiger partial charge is 0.493 e. The number of unbranched alkanes of at least 4 members (excludes halogenated alkanes) is 1. The van der Waals surface area contributed by atoms with E-state index >= 15 is 0 Å². The van der Waals surface area contributed by atoms with Gasteiger partial charge in [-0.05, 0) is 32.4 Å². The standard InChI is InChI=1S/C18H25NO3/c1-3-5-10-19-15(18(20)21-4-2)11-13-12-22-16-9-7-6-8-14(16)17(13)19/h6-9,13,15,17H,3-5,10-12H2,1-2H3/t13-,15-,17-/m1/s1. The fourth-order valence-corrected chi connectivity index (χ4v) is 3.77. The lowest BCUT2D eigenvalue weighted by Crippen LogP contribution is -2.40. The molecule has 3 rings (SSSR count). The van der Waals surface area contributed by atoms with Crippen LogP contribution in [0.4, 0.5) is 0 Å². The molecular weight excluding hydrogens is 278 g/mol. The van der Waals surface area contributed by atoms with Gasteiger partial charge in [0, 0.05) is 17.5 Å². The number of carbonyl (C=O) groups excluding carboxylic acids is 1. The van der Waals surface area contributed by atoms with Gasteiger partial charge < -0.3 is 9.47 Å². The number of para-hydroxylation sites is 1. The van der Waals surface area contributed by atoms with Crippen LogP contribution in [0, 0.1) is 5.92 Å². The Morgan fingerprint density at radius 3 is 2.95 bits per heavy atom. The summed E-state index contributed by atoms with van der Waals surface area (Å²) in [6.07, 6.45) is 3.06. The topological polar surface area (TPSA) is 38.8 Å². The minimum atomic E-state index is -0.128. The molecule has 3 atom stereocenters. The molecule has 1 aromatic carbocycles. The number of fused-ring (bicyclic) bond motifs is 3. The van der Waals surface area contributed by atoms with Crippen molar-refractivity contribution >= 4 is 5.97 Å². The van der Waals surface area contributed by atoms with E-state index in [1.54, 1.807) is 0 Å². The first-order chi connectivity index (χ1) is 10.8. The normalized spacial score (nSPS) is 26.9. The fraction of sp³-hybridized carbons (Fsp3) is 0.611. The van der Waals surface area contributed by atoms with E-state index in [-0.39, 0.29) is 18.1 Å². The summed E-state index contributed by atoms with van der Waals surface area (Å²) in [5.41, 5.74) is 1.22. The smallest absolute Gasteiger partial charge is 0.323 e. The Balaban J connectivity index is 1.90. The Morgan fingerprint density at radius 1 is 1.36 bits per heavy atom. The number of ether oxygens (including phenoxy) is 2. The van der Waals surface area contributed by atoms with Crippen LogP contribution in [0.25, 0.3) is 0 Å². The van der Waals surface area contributed by atoms with Crippen LogP contribution in [0.15, 0.2) is 24.3 Å². The van der Waals surface area contributed by atoms with Crippen LogP contribution in [0.1, 0.15) is 44.7 Å². The molecule has 0 spiro atoms. The summed E-state index contributed by atoms with van der Waals surface area (Å²) in [4.78, 5) is 14.7. The monoisotopic (exact) mass is 303 g/mol. The van der Waals surface area contributed by atoms with E-state index in [1.165, 1.54) is 5.56 Å². The average Bonchev–Trinajstić information content (AvgIpc) is 2.92. The molecule has 22 heavy (non-hydrogen) atoms. The van der Waals surface area contributed by atoms with Gasteiger partial charge in [0.15, 0.2) is 0 Å². The summed E-state index contributed by atoms with van der Waals surface area (Å²) in [5, 5.41) is 0. The molecule has 1 saturated heterocycles. The van der Waals surface area contributed by atoms with E-state index < -0.39 is 0 Å². The van der Waals surface area contributed by atoms with Gasteiger partial charge in [0.05, 0.1) is 13.2 Å². The Labute approximate surface area is 132 Å². The van der Waals surface area contributed by atoms with Crippen molar-refractivity contribution in [1.29, 1.82) is 0 Å². The second kappa shape index (κ2) is 6.69. The highest BCUT2D eigenvalue weighted by Crippen LogP contribution is 2.47. The van der Waals surface area contributed by atoms with E-state index in [4.69, 9.17) is 9.47 Å². The lowest BCUT2D eigenvalue weighted by atomic mass is 9.91. The molecule has 0 aromatic heterocycles. The van der Waals surface area contributed by atoms with Crippen molar-refractivity contribution in [2.45, 2.75) is 45.2 Å². The summed E-state index contributed by atoms with van der Waals surface area (Å²) >= 11 is 0. The molecule has 0 aliphatic carbocycles. The zero-order chi connectivity index (χ0) is 15.5. The highest BCUT2D eigenvalue weighted by Gasteiger charge is 2.48. The predicted molar refractivity (Wildman–Crippen MR) is 84.8 cm³/mol. The van der Waals surface area contributed by atoms with E-state index in [1.807, 2.05) is 19.1 Å². The van der Waals surface area contributed by atoms with Crippen LogP contribution in [0.5, 0.6) is 5.75 Å². The number of hydrogen-bond acceptors (Lipinski definition) is 4. The van der Waals surface area contributed by atoms with Crippen molar-refractivity contribution in [2.75, 3.05) is 19.8 Å². The van der Waals surface area contributed by atoms with Crippen LogP contribution in [-0.2, 0) is 9.53 Å². The number of likely N-dealkylation sites (tertiary alicyclic amines) is 1. The highest BCUT2D eigenvalue weighted by molar-refractivity contribution is 5.76. The molecule has 120 valence electrons. The second-order valence-corrected chi connectivity index (χ2v) is 6.15. The number of esters is 1. The third kappa shape index (κ3) is 2.72. The quantitative estimate of drug-likeness (QED) is 0.783. The maximum Gasteiger partial charge on any atom is 0.323 e. The lowest BCUT2D eigenvalue weighted by Gasteiger charge is -2.34. The first kappa shape index (κ1) is 15.3. The minimum absolute atomic E-state index is 0.0783. The molecule has 1 fully saturated rings. The van der Waals surface area contributed by atoms with Crippen molar-refractivity contribution in [2.24, 2.45) is 5.92 Å². The van der Waals surface area contributed by atoms with Crippen molar-refractivity contribution in [3.05, 3.63) is 29.8 Å². The summed E-state index contributed by atoms with van der Waals surface area (Å²) in [7, 11) is 0. The molecule has 0 radical (unpaired) electrons. The van der Waals surface area contributed by atoms with Gasteiger partial charge in [0.25, 0.3) is 0 Å². The zero-order valence-corrected chi connectivity index (χ0v) is 13.5. The Kier molecular flexibility index (Phi) is 4.67. The summed E-state index contributed by atoms with van der Waals surface area (Å²) in [6.45, 7) is 6.13. The summed E-state index contributed by atoms with van der Waals surface area (Å²) in [5.74, 6) is 1.27. The van der Waals surface area contributed by atoms with Crippen molar-refractivity contribution in [3.8, 4) is 5.75 Å². The van der Waals surface area contributed by atoms with Gasteiger partial charge in [0.2, 0.25) is 0 Å². The van der Waals surface area contributed by atoms with Gasteiger partial charge in [-0.25, -0.2) is 0 Å². The molecule has 0 unspecified atom stereocenters. The van der Waals surface area contributed by atoms with Gasteiger partial charge >= 0.3 is 5.97 Å². The van der Waals surface area contributed by atoms with Gasteiger partial charge in [-0.3, -0.25) is 9.69 Å². The van der Waals surface area contributed by atoms with Gasteiger partial charge in [-0.2, -0.15) is 0 Å². The van der Waals surface area contributed by atoms with Gasteiger partial charge in [-0.15, -0.1) is 0 Å². The Bertz CT molecular complexity index is 531. The number of carbonyl (C=O) groups is 1. The lowest BCUT2D eigenvalue weighted by molar-refractivity contribution is -0.149. The van der Waals surface area contributed by atoms with Crippen LogP contribution >= 0.6 is 0 Å². The van der Waals surface area contributed by atoms with Crippen LogP contribution in [0.3, 0.4) is 0 Å². The number of hydrogen-bond donors (Lipinski definition) is 0. The van der Waals surface area contributed by atoms with Crippen molar-refractivity contribution in [3.63, 3.8) is 0 Å². The first-order valence-electron chi connectivity index (χ1n) is 8.40. The van der Waals surface area contributed by atoms with Gasteiger partial charge in [0.1, 0.15) is 11.8 Å². The van der Waals surface area contributed by atoms with Crippen molar-refractivity contribution < 1.29 is 14.3 Å². The number of rotatable bonds is 5. The fourth-order valence-electron chi connectivity index (χ4n) is 3.77. The third-order valence-corrected chi connectivity index (χ3v) is 4.75. The number of nitrogens with zero attached hydrogens (tertiary/aromatic N) is 1. The van der Waals surface area contributed by atoms with E-state index in [2.05, 4.69) is 24.0 Å². The highest BCUT2D eigenvalue weighted by atomic mass is 16.5. The van der Waals surface area contributed by atoms with Gasteiger partial charge in [-0.1, -0.05) is 31.5 Å². The summed E-state index contributed by atoms with van der Waals surface area (Å²) in [6, 6.07) is 8.38. The Morgan fingerprint density at radius 2 is 2.18 bits per heavy atom. The Hall–Kier alpha value is -1.55. The zero-order valence-electron chi connectivity index (χ0n) is 13.5.